The number of nitrogens with two attached hydrogens (primary N) is 1. The molecule has 1 aliphatic rings. The van der Waals surface area contributed by atoms with Gasteiger partial charge in [0.1, 0.15) is 22.2 Å². The number of pyridine rings is 1. The Balaban J connectivity index is 1.68. The zero-order valence-electron chi connectivity index (χ0n) is 24.1. The smallest absolute Gasteiger partial charge is 0.412 e. The highest BCUT2D eigenvalue weighted by atomic mass is 32.1. The van der Waals surface area contributed by atoms with Gasteiger partial charge < -0.3 is 20.1 Å². The molecule has 1 aliphatic heterocycles. The number of aliphatic imine (C=N–C) groups is 1. The number of likely N-dealkylation sites (N-methyl/N-ethyl adjacent to an activating group) is 1. The van der Waals surface area contributed by atoms with Crippen LogP contribution in [0.4, 0.5) is 24.5 Å². The topological polar surface area (TPSA) is 152 Å². The number of thiophene rings is 1. The molecule has 0 fully saturated rings. The molecule has 0 saturated heterocycles. The van der Waals surface area contributed by atoms with E-state index in [0.717, 1.165) is 17.5 Å². The van der Waals surface area contributed by atoms with Gasteiger partial charge in [0.25, 0.3) is 0 Å². The van der Waals surface area contributed by atoms with E-state index in [2.05, 4.69) is 25.3 Å². The summed E-state index contributed by atoms with van der Waals surface area (Å²) >= 11 is 0.832. The molecule has 14 heteroatoms. The van der Waals surface area contributed by atoms with E-state index >= 15 is 8.78 Å². The van der Waals surface area contributed by atoms with Crippen LogP contribution in [-0.4, -0.2) is 58.4 Å². The number of anilines is 1. The molecule has 3 N–H and O–H groups in total. The molecule has 222 valence electrons. The van der Waals surface area contributed by atoms with E-state index in [1.165, 1.54) is 12.4 Å². The fourth-order valence-corrected chi connectivity index (χ4v) is 5.72. The number of ether oxygens (including phenoxy) is 2. The van der Waals surface area contributed by atoms with E-state index in [4.69, 9.17) is 15.2 Å². The number of aromatic nitrogens is 3. The van der Waals surface area contributed by atoms with Crippen LogP contribution < -0.4 is 11.1 Å². The predicted octanol–water partition coefficient (Wildman–Crippen LogP) is 5.54. The molecular formula is C29H28F2N8O3S. The van der Waals surface area contributed by atoms with Crippen molar-refractivity contribution in [2.75, 3.05) is 26.0 Å². The summed E-state index contributed by atoms with van der Waals surface area (Å²) < 4.78 is 42.6. The molecule has 4 aromatic rings. The van der Waals surface area contributed by atoms with Crippen molar-refractivity contribution in [1.29, 1.82) is 5.26 Å². The Morgan fingerprint density at radius 3 is 2.72 bits per heavy atom. The number of nitriles is 1. The number of hydrogen-bond donors (Lipinski definition) is 2. The van der Waals surface area contributed by atoms with Crippen LogP contribution >= 0.6 is 11.3 Å². The standard InChI is InChI=1S/C29H28F2N8O3S/c1-29(2,3)42-28(40)38-26-15(8-32)21-24(35-10-19(30)25(21)43-26)20-18-13-41-12-17(18)16-9-36-27(37-23(16)22(20)31)34-7-6-14(33)11-39(4)5/h6-7,9-10H,11-13,33H2,1-5H3,(H,38,40)/b14-6-,34-7+. The lowest BCUT2D eigenvalue weighted by atomic mass is 9.94. The van der Waals surface area contributed by atoms with Gasteiger partial charge in [-0.15, -0.1) is 11.3 Å². The van der Waals surface area contributed by atoms with Gasteiger partial charge in [-0.25, -0.2) is 28.5 Å². The minimum Gasteiger partial charge on any atom is -0.444 e. The second-order valence-corrected chi connectivity index (χ2v) is 12.1. The molecule has 11 nitrogen and oxygen atoms in total. The summed E-state index contributed by atoms with van der Waals surface area (Å²) in [6.07, 6.45) is 4.65. The van der Waals surface area contributed by atoms with Crippen molar-refractivity contribution in [1.82, 2.24) is 19.9 Å². The lowest BCUT2D eigenvalue weighted by Crippen LogP contribution is -2.27. The highest BCUT2D eigenvalue weighted by molar-refractivity contribution is 7.23. The van der Waals surface area contributed by atoms with Crippen molar-refractivity contribution in [2.45, 2.75) is 39.6 Å². The van der Waals surface area contributed by atoms with E-state index in [-0.39, 0.29) is 56.6 Å². The number of rotatable bonds is 6. The highest BCUT2D eigenvalue weighted by Gasteiger charge is 2.30. The van der Waals surface area contributed by atoms with E-state index in [1.807, 2.05) is 25.1 Å². The highest BCUT2D eigenvalue weighted by Crippen LogP contribution is 2.45. The summed E-state index contributed by atoms with van der Waals surface area (Å²) in [6, 6.07) is 2.02. The van der Waals surface area contributed by atoms with Gasteiger partial charge in [0, 0.05) is 41.0 Å². The van der Waals surface area contributed by atoms with Crippen LogP contribution in [0.5, 0.6) is 0 Å². The number of carbonyl (C=O) groups is 1. The molecule has 0 spiro atoms. The Hall–Kier alpha value is -4.58. The van der Waals surface area contributed by atoms with Gasteiger partial charge in [-0.3, -0.25) is 10.3 Å². The first-order valence-corrected chi connectivity index (χ1v) is 13.9. The summed E-state index contributed by atoms with van der Waals surface area (Å²) in [4.78, 5) is 31.5. The van der Waals surface area contributed by atoms with Gasteiger partial charge in [0.2, 0.25) is 5.95 Å². The number of allylic oxidation sites excluding steroid dienone is 1. The van der Waals surface area contributed by atoms with Gasteiger partial charge in [-0.2, -0.15) is 5.26 Å². The van der Waals surface area contributed by atoms with Crippen LogP contribution in [0, 0.1) is 23.0 Å². The molecule has 0 unspecified atom stereocenters. The van der Waals surface area contributed by atoms with E-state index in [9.17, 15) is 10.1 Å². The Morgan fingerprint density at radius 1 is 1.28 bits per heavy atom. The SMILES string of the molecule is CN(C)C/C(N)=C/C=N/c1ncc2c3c(c(-c4ncc(F)c5sc(NC(=O)OC(C)(C)C)c(C#N)c45)c(F)c2n1)COC3. The van der Waals surface area contributed by atoms with E-state index < -0.39 is 23.3 Å². The molecule has 1 amide bonds. The van der Waals surface area contributed by atoms with Crippen LogP contribution in [-0.2, 0) is 22.7 Å². The third-order valence-corrected chi connectivity index (χ3v) is 7.41. The van der Waals surface area contributed by atoms with E-state index in [0.29, 0.717) is 28.8 Å². The molecule has 4 heterocycles. The summed E-state index contributed by atoms with van der Waals surface area (Å²) in [5.74, 6) is -1.48. The minimum atomic E-state index is -0.820. The lowest BCUT2D eigenvalue weighted by Gasteiger charge is -2.19. The van der Waals surface area contributed by atoms with Crippen molar-refractivity contribution in [2.24, 2.45) is 10.7 Å². The first-order valence-electron chi connectivity index (χ1n) is 13.1. The van der Waals surface area contributed by atoms with Gasteiger partial charge in [-0.05, 0) is 52.1 Å². The molecule has 0 aliphatic carbocycles. The van der Waals surface area contributed by atoms with Crippen molar-refractivity contribution in [3.63, 3.8) is 0 Å². The molecule has 0 saturated carbocycles. The summed E-state index contributed by atoms with van der Waals surface area (Å²) in [5, 5.41) is 13.2. The van der Waals surface area contributed by atoms with Gasteiger partial charge >= 0.3 is 6.09 Å². The zero-order chi connectivity index (χ0) is 31.1. The molecule has 1 aromatic carbocycles. The van der Waals surface area contributed by atoms with Crippen LogP contribution in [0.1, 0.15) is 37.5 Å². The summed E-state index contributed by atoms with van der Waals surface area (Å²) in [7, 11) is 3.76. The van der Waals surface area contributed by atoms with E-state index in [1.54, 1.807) is 26.8 Å². The number of nitrogens with one attached hydrogen (secondary N) is 1. The van der Waals surface area contributed by atoms with Crippen molar-refractivity contribution < 1.29 is 23.0 Å². The lowest BCUT2D eigenvalue weighted by molar-refractivity contribution is 0.0636. The normalized spacial score (nSPS) is 13.7. The van der Waals surface area contributed by atoms with Gasteiger partial charge in [-0.1, -0.05) is 0 Å². The first kappa shape index (κ1) is 29.9. The van der Waals surface area contributed by atoms with Crippen LogP contribution in [0.25, 0.3) is 32.2 Å². The minimum absolute atomic E-state index is 0.000533. The first-order chi connectivity index (χ1) is 20.4. The van der Waals surface area contributed by atoms with Crippen LogP contribution in [0.2, 0.25) is 0 Å². The molecule has 0 radical (unpaired) electrons. The van der Waals surface area contributed by atoms with Crippen LogP contribution in [0.3, 0.4) is 0 Å². The van der Waals surface area contributed by atoms with Crippen LogP contribution in [0.15, 0.2) is 29.2 Å². The van der Waals surface area contributed by atoms with Crippen molar-refractivity contribution in [3.8, 4) is 17.3 Å². The second-order valence-electron chi connectivity index (χ2n) is 11.0. The maximum Gasteiger partial charge on any atom is 0.412 e. The number of fused-ring (bicyclic) bond motifs is 4. The molecule has 0 bridgehead atoms. The molecule has 3 aromatic heterocycles. The Labute approximate surface area is 249 Å². The van der Waals surface area contributed by atoms with Crippen molar-refractivity contribution >= 4 is 55.6 Å². The Bertz CT molecular complexity index is 1870. The number of benzene rings is 1. The maximum absolute atomic E-state index is 16.5. The zero-order valence-corrected chi connectivity index (χ0v) is 24.9. The number of nitrogens with zero attached hydrogens (tertiary/aromatic N) is 6. The summed E-state index contributed by atoms with van der Waals surface area (Å²) in [6.45, 7) is 5.81. The number of carbonyl (C=O) groups excluding carboxylic acids is 1. The third-order valence-electron chi connectivity index (χ3n) is 6.30. The van der Waals surface area contributed by atoms with Gasteiger partial charge in [0.05, 0.1) is 35.4 Å². The average molecular weight is 607 g/mol. The largest absolute Gasteiger partial charge is 0.444 e. The fraction of sp³-hybridized carbons (Fsp3) is 0.310. The summed E-state index contributed by atoms with van der Waals surface area (Å²) in [5.41, 5.74) is 6.79. The molecule has 0 atom stereocenters. The fourth-order valence-electron chi connectivity index (χ4n) is 4.68. The Kier molecular flexibility index (Phi) is 8.06. The molecule has 43 heavy (non-hydrogen) atoms. The third kappa shape index (κ3) is 6.00. The maximum atomic E-state index is 16.5. The average Bonchev–Trinajstić information content (AvgIpc) is 3.54. The predicted molar refractivity (Wildman–Crippen MR) is 160 cm³/mol. The second kappa shape index (κ2) is 11.6. The quantitative estimate of drug-likeness (QED) is 0.270. The molecule has 5 rings (SSSR count). The molecular weight excluding hydrogens is 578 g/mol. The van der Waals surface area contributed by atoms with Crippen molar-refractivity contribution in [3.05, 3.63) is 52.5 Å². The Morgan fingerprint density at radius 2 is 2.02 bits per heavy atom. The number of amides is 1. The number of halogens is 2. The van der Waals surface area contributed by atoms with Gasteiger partial charge in [0.15, 0.2) is 11.6 Å². The number of hydrogen-bond acceptors (Lipinski definition) is 11. The monoisotopic (exact) mass is 606 g/mol.